The van der Waals surface area contributed by atoms with Gasteiger partial charge < -0.3 is 4.42 Å². The highest BCUT2D eigenvalue weighted by molar-refractivity contribution is 6.30. The van der Waals surface area contributed by atoms with Crippen LogP contribution in [0.5, 0.6) is 0 Å². The van der Waals surface area contributed by atoms with E-state index in [1.165, 1.54) is 4.57 Å². The van der Waals surface area contributed by atoms with E-state index >= 15 is 0 Å². The van der Waals surface area contributed by atoms with Gasteiger partial charge in [-0.05, 0) is 37.3 Å². The molecule has 16 heavy (non-hydrogen) atoms. The molecule has 0 fully saturated rings. The molecule has 0 atom stereocenters. The maximum atomic E-state index is 11.6. The smallest absolute Gasteiger partial charge is 0.408 e. The molecule has 1 aromatic heterocycles. The number of nitrogens with zero attached hydrogens (tertiary/aromatic N) is 1. The third-order valence-corrected chi connectivity index (χ3v) is 2.53. The predicted octanol–water partition coefficient (Wildman–Crippen LogP) is 1.29. The SMILES string of the molecule is C=c1/c(=C/C)oc(=O)n1-c1ccc(Cl)cc1. The molecule has 0 aliphatic rings. The summed E-state index contributed by atoms with van der Waals surface area (Å²) in [6, 6.07) is 6.91. The van der Waals surface area contributed by atoms with E-state index in [2.05, 4.69) is 6.58 Å². The molecule has 1 heterocycles. The van der Waals surface area contributed by atoms with Gasteiger partial charge in [0.25, 0.3) is 0 Å². The normalized spacial score (nSPS) is 12.0. The van der Waals surface area contributed by atoms with Crippen molar-refractivity contribution < 1.29 is 4.42 Å². The molecule has 0 unspecified atom stereocenters. The Bertz CT molecular complexity index is 665. The van der Waals surface area contributed by atoms with E-state index in [4.69, 9.17) is 16.0 Å². The minimum atomic E-state index is -0.444. The highest BCUT2D eigenvalue weighted by Gasteiger charge is 2.05. The van der Waals surface area contributed by atoms with E-state index in [9.17, 15) is 4.79 Å². The Morgan fingerprint density at radius 2 is 2.00 bits per heavy atom. The predicted molar refractivity (Wildman–Crippen MR) is 64.2 cm³/mol. The van der Waals surface area contributed by atoms with Crippen molar-refractivity contribution in [2.45, 2.75) is 6.92 Å². The van der Waals surface area contributed by atoms with Gasteiger partial charge >= 0.3 is 5.76 Å². The largest absolute Gasteiger partial charge is 0.424 e. The van der Waals surface area contributed by atoms with Crippen LogP contribution in [0.1, 0.15) is 6.92 Å². The molecular weight excluding hydrogens is 226 g/mol. The molecule has 0 radical (unpaired) electrons. The van der Waals surface area contributed by atoms with Gasteiger partial charge in [0.15, 0.2) is 5.42 Å². The van der Waals surface area contributed by atoms with Crippen molar-refractivity contribution in [1.29, 1.82) is 0 Å². The summed E-state index contributed by atoms with van der Waals surface area (Å²) < 4.78 is 6.44. The van der Waals surface area contributed by atoms with Crippen LogP contribution in [0.25, 0.3) is 18.3 Å². The zero-order valence-electron chi connectivity index (χ0n) is 8.74. The molecule has 1 aromatic carbocycles. The Labute approximate surface area is 96.9 Å². The van der Waals surface area contributed by atoms with Crippen molar-refractivity contribution in [3.8, 4) is 5.69 Å². The van der Waals surface area contributed by atoms with Gasteiger partial charge in [0.05, 0.1) is 11.0 Å². The summed E-state index contributed by atoms with van der Waals surface area (Å²) in [4.78, 5) is 11.6. The van der Waals surface area contributed by atoms with Crippen LogP contribution in [0.2, 0.25) is 5.02 Å². The third kappa shape index (κ3) is 1.70. The van der Waals surface area contributed by atoms with Crippen molar-refractivity contribution >= 4 is 24.3 Å². The zero-order valence-corrected chi connectivity index (χ0v) is 9.49. The molecule has 2 rings (SSSR count). The molecule has 0 amide bonds. The number of benzene rings is 1. The molecule has 0 saturated carbocycles. The molecule has 4 heteroatoms. The van der Waals surface area contributed by atoms with Crippen LogP contribution in [0.4, 0.5) is 0 Å². The maximum absolute atomic E-state index is 11.6. The zero-order chi connectivity index (χ0) is 11.7. The number of hydrogen-bond donors (Lipinski definition) is 0. The van der Waals surface area contributed by atoms with Gasteiger partial charge in [-0.3, -0.25) is 0 Å². The van der Waals surface area contributed by atoms with Crippen LogP contribution >= 0.6 is 11.6 Å². The summed E-state index contributed by atoms with van der Waals surface area (Å²) in [5.41, 5.74) is 1.18. The molecule has 0 spiro atoms. The summed E-state index contributed by atoms with van der Waals surface area (Å²) in [6.45, 7) is 5.61. The van der Waals surface area contributed by atoms with Crippen LogP contribution in [-0.2, 0) is 0 Å². The fraction of sp³-hybridized carbons (Fsp3) is 0.0833. The standard InChI is InChI=1S/C12H10ClNO2/c1-3-11-8(2)14(12(15)16-11)10-6-4-9(13)5-7-10/h3-7H,2H2,1H3/b11-3-. The van der Waals surface area contributed by atoms with Crippen molar-refractivity contribution in [3.05, 3.63) is 50.6 Å². The summed E-state index contributed by atoms with van der Waals surface area (Å²) in [6.07, 6.45) is 1.70. The fourth-order valence-corrected chi connectivity index (χ4v) is 1.62. The average Bonchev–Trinajstić information content (AvgIpc) is 2.56. The first-order chi connectivity index (χ1) is 7.63. The van der Waals surface area contributed by atoms with E-state index < -0.39 is 5.76 Å². The van der Waals surface area contributed by atoms with Crippen molar-refractivity contribution in [2.24, 2.45) is 0 Å². The Hall–Kier alpha value is -1.74. The molecule has 2 aromatic rings. The maximum Gasteiger partial charge on any atom is 0.424 e. The van der Waals surface area contributed by atoms with E-state index in [0.717, 1.165) is 0 Å². The first-order valence-electron chi connectivity index (χ1n) is 4.76. The molecule has 3 nitrogen and oxygen atoms in total. The van der Waals surface area contributed by atoms with E-state index in [1.54, 1.807) is 37.3 Å². The number of aromatic nitrogens is 1. The van der Waals surface area contributed by atoms with Crippen LogP contribution < -0.4 is 16.5 Å². The minimum absolute atomic E-state index is 0.444. The first-order valence-corrected chi connectivity index (χ1v) is 5.14. The molecule has 0 bridgehead atoms. The highest BCUT2D eigenvalue weighted by Crippen LogP contribution is 2.10. The molecule has 0 saturated heterocycles. The van der Waals surface area contributed by atoms with Crippen molar-refractivity contribution in [3.63, 3.8) is 0 Å². The van der Waals surface area contributed by atoms with E-state index in [-0.39, 0.29) is 0 Å². The summed E-state index contributed by atoms with van der Waals surface area (Å²) in [5, 5.41) is 1.16. The number of oxazole rings is 1. The second kappa shape index (κ2) is 4.02. The number of halogens is 1. The van der Waals surface area contributed by atoms with Gasteiger partial charge in [0.1, 0.15) is 0 Å². The molecule has 82 valence electrons. The molecule has 0 aliphatic heterocycles. The average molecular weight is 236 g/mol. The lowest BCUT2D eigenvalue weighted by Gasteiger charge is -1.99. The summed E-state index contributed by atoms with van der Waals surface area (Å²) in [5.74, 6) is -0.444. The van der Waals surface area contributed by atoms with Crippen LogP contribution in [0.3, 0.4) is 0 Å². The second-order valence-electron chi connectivity index (χ2n) is 3.28. The fourth-order valence-electron chi connectivity index (χ4n) is 1.50. The Morgan fingerprint density at radius 1 is 1.38 bits per heavy atom. The lowest BCUT2D eigenvalue weighted by Crippen LogP contribution is -2.29. The van der Waals surface area contributed by atoms with Gasteiger partial charge in [-0.25, -0.2) is 9.36 Å². The minimum Gasteiger partial charge on any atom is -0.408 e. The lowest BCUT2D eigenvalue weighted by atomic mass is 10.3. The van der Waals surface area contributed by atoms with Crippen molar-refractivity contribution in [2.75, 3.05) is 0 Å². The summed E-state index contributed by atoms with van der Waals surface area (Å²) >= 11 is 5.78. The number of rotatable bonds is 1. The van der Waals surface area contributed by atoms with E-state index in [1.807, 2.05) is 0 Å². The Morgan fingerprint density at radius 3 is 2.50 bits per heavy atom. The van der Waals surface area contributed by atoms with Crippen LogP contribution in [0.15, 0.2) is 33.5 Å². The van der Waals surface area contributed by atoms with Crippen molar-refractivity contribution in [1.82, 2.24) is 4.57 Å². The Balaban J connectivity index is 2.75. The topological polar surface area (TPSA) is 35.1 Å². The third-order valence-electron chi connectivity index (χ3n) is 2.28. The number of hydrogen-bond acceptors (Lipinski definition) is 2. The monoisotopic (exact) mass is 235 g/mol. The Kier molecular flexibility index (Phi) is 2.71. The molecule has 0 aliphatic carbocycles. The second-order valence-corrected chi connectivity index (χ2v) is 3.72. The first kappa shape index (κ1) is 10.8. The van der Waals surface area contributed by atoms with Gasteiger partial charge in [0, 0.05) is 5.02 Å². The molecule has 0 N–H and O–H groups in total. The lowest BCUT2D eigenvalue weighted by molar-refractivity contribution is 0.477. The van der Waals surface area contributed by atoms with Gasteiger partial charge in [-0.15, -0.1) is 0 Å². The molecular formula is C12H10ClNO2. The van der Waals surface area contributed by atoms with Gasteiger partial charge in [-0.1, -0.05) is 18.2 Å². The quantitative estimate of drug-likeness (QED) is 0.747. The van der Waals surface area contributed by atoms with E-state index in [0.29, 0.717) is 21.5 Å². The van der Waals surface area contributed by atoms with Gasteiger partial charge in [-0.2, -0.15) is 0 Å². The highest BCUT2D eigenvalue weighted by atomic mass is 35.5. The summed E-state index contributed by atoms with van der Waals surface area (Å²) in [7, 11) is 0. The van der Waals surface area contributed by atoms with Crippen LogP contribution in [0, 0.1) is 0 Å². The van der Waals surface area contributed by atoms with Gasteiger partial charge in [0.2, 0.25) is 0 Å². The van der Waals surface area contributed by atoms with Crippen LogP contribution in [-0.4, -0.2) is 4.57 Å².